The predicted molar refractivity (Wildman–Crippen MR) is 77.2 cm³/mol. The summed E-state index contributed by atoms with van der Waals surface area (Å²) >= 11 is 5.65. The van der Waals surface area contributed by atoms with Crippen LogP contribution in [0.1, 0.15) is 68.1 Å². The van der Waals surface area contributed by atoms with Gasteiger partial charge in [-0.05, 0) is 42.7 Å². The molecule has 0 saturated heterocycles. The van der Waals surface area contributed by atoms with Crippen molar-refractivity contribution >= 4 is 11.6 Å². The lowest BCUT2D eigenvalue weighted by Crippen LogP contribution is -2.05. The van der Waals surface area contributed by atoms with Crippen molar-refractivity contribution in [3.63, 3.8) is 0 Å². The minimum absolute atomic E-state index is 0.357. The van der Waals surface area contributed by atoms with E-state index >= 15 is 0 Å². The molecule has 1 nitrogen and oxygen atoms in total. The summed E-state index contributed by atoms with van der Waals surface area (Å²) in [5.74, 6) is 1.37. The van der Waals surface area contributed by atoms with Crippen LogP contribution in [0.2, 0.25) is 0 Å². The second-order valence-corrected chi connectivity index (χ2v) is 5.73. The van der Waals surface area contributed by atoms with Crippen LogP contribution in [0, 0.1) is 0 Å². The molecule has 0 amide bonds. The number of alkyl halides is 1. The van der Waals surface area contributed by atoms with E-state index in [1.54, 1.807) is 0 Å². The van der Waals surface area contributed by atoms with E-state index in [1.165, 1.54) is 37.7 Å². The average molecular weight is 267 g/mol. The highest BCUT2D eigenvalue weighted by Crippen LogP contribution is 2.33. The minimum atomic E-state index is -0.357. The monoisotopic (exact) mass is 266 g/mol. The Labute approximate surface area is 115 Å². The van der Waals surface area contributed by atoms with Crippen molar-refractivity contribution in [2.75, 3.05) is 5.88 Å². The van der Waals surface area contributed by atoms with E-state index in [1.807, 2.05) is 0 Å². The number of aliphatic hydroxyl groups excluding tert-OH is 1. The van der Waals surface area contributed by atoms with Gasteiger partial charge in [-0.1, -0.05) is 43.5 Å². The lowest BCUT2D eigenvalue weighted by Gasteiger charge is -2.22. The second-order valence-electron chi connectivity index (χ2n) is 5.35. The average Bonchev–Trinajstić information content (AvgIpc) is 2.46. The summed E-state index contributed by atoms with van der Waals surface area (Å²) in [5.41, 5.74) is 2.47. The largest absolute Gasteiger partial charge is 0.388 e. The standard InChI is InChI=1S/C16H23ClO/c17-12-4-7-16(18)15-10-8-14(9-11-15)13-5-2-1-3-6-13/h8-11,13,16,18H,1-7,12H2. The van der Waals surface area contributed by atoms with E-state index in [0.717, 1.165) is 24.3 Å². The summed E-state index contributed by atoms with van der Waals surface area (Å²) in [5, 5.41) is 9.99. The van der Waals surface area contributed by atoms with E-state index in [0.29, 0.717) is 5.88 Å². The van der Waals surface area contributed by atoms with E-state index in [-0.39, 0.29) is 6.10 Å². The first-order valence-corrected chi connectivity index (χ1v) is 7.68. The molecule has 1 fully saturated rings. The Kier molecular flexibility index (Phi) is 5.52. The molecule has 2 rings (SSSR count). The van der Waals surface area contributed by atoms with Crippen LogP contribution in [-0.2, 0) is 0 Å². The van der Waals surface area contributed by atoms with Gasteiger partial charge in [0.05, 0.1) is 6.10 Å². The molecule has 1 atom stereocenters. The molecule has 1 aliphatic rings. The van der Waals surface area contributed by atoms with E-state index < -0.39 is 0 Å². The van der Waals surface area contributed by atoms with Crippen molar-refractivity contribution in [2.24, 2.45) is 0 Å². The van der Waals surface area contributed by atoms with Gasteiger partial charge in [0, 0.05) is 5.88 Å². The smallest absolute Gasteiger partial charge is 0.0790 e. The maximum absolute atomic E-state index is 9.99. The lowest BCUT2D eigenvalue weighted by molar-refractivity contribution is 0.166. The van der Waals surface area contributed by atoms with Gasteiger partial charge >= 0.3 is 0 Å². The molecule has 1 aromatic rings. The third-order valence-electron chi connectivity index (χ3n) is 4.01. The normalized spacial score (nSPS) is 18.8. The van der Waals surface area contributed by atoms with Gasteiger partial charge in [0.25, 0.3) is 0 Å². The van der Waals surface area contributed by atoms with Gasteiger partial charge in [-0.3, -0.25) is 0 Å². The zero-order chi connectivity index (χ0) is 12.8. The molecule has 1 aliphatic carbocycles. The van der Waals surface area contributed by atoms with E-state index in [4.69, 9.17) is 11.6 Å². The van der Waals surface area contributed by atoms with Crippen LogP contribution in [0.15, 0.2) is 24.3 Å². The van der Waals surface area contributed by atoms with Gasteiger partial charge < -0.3 is 5.11 Å². The highest BCUT2D eigenvalue weighted by Gasteiger charge is 2.15. The summed E-state index contributed by atoms with van der Waals surface area (Å²) in [6, 6.07) is 8.58. The van der Waals surface area contributed by atoms with Crippen LogP contribution >= 0.6 is 11.6 Å². The summed E-state index contributed by atoms with van der Waals surface area (Å²) in [6.45, 7) is 0. The maximum atomic E-state index is 9.99. The first-order chi connectivity index (χ1) is 8.81. The molecule has 1 saturated carbocycles. The third-order valence-corrected chi connectivity index (χ3v) is 4.28. The number of benzene rings is 1. The van der Waals surface area contributed by atoms with Crippen LogP contribution in [-0.4, -0.2) is 11.0 Å². The van der Waals surface area contributed by atoms with Crippen molar-refractivity contribution in [3.8, 4) is 0 Å². The first-order valence-electron chi connectivity index (χ1n) is 7.15. The lowest BCUT2D eigenvalue weighted by atomic mass is 9.84. The summed E-state index contributed by atoms with van der Waals surface area (Å²) < 4.78 is 0. The molecule has 0 heterocycles. The Hall–Kier alpha value is -0.530. The van der Waals surface area contributed by atoms with Crippen molar-refractivity contribution in [2.45, 2.75) is 57.0 Å². The van der Waals surface area contributed by atoms with Crippen molar-refractivity contribution in [1.29, 1.82) is 0 Å². The van der Waals surface area contributed by atoms with Gasteiger partial charge in [-0.25, -0.2) is 0 Å². The Morgan fingerprint density at radius 1 is 1.11 bits per heavy atom. The molecule has 0 aliphatic heterocycles. The molecule has 0 aromatic heterocycles. The second kappa shape index (κ2) is 7.16. The van der Waals surface area contributed by atoms with Gasteiger partial charge in [0.2, 0.25) is 0 Å². The number of rotatable bonds is 5. The fourth-order valence-corrected chi connectivity index (χ4v) is 3.02. The fourth-order valence-electron chi connectivity index (χ4n) is 2.86. The quantitative estimate of drug-likeness (QED) is 0.760. The molecule has 0 spiro atoms. The predicted octanol–water partition coefficient (Wildman–Crippen LogP) is 4.79. The topological polar surface area (TPSA) is 20.2 Å². The Morgan fingerprint density at radius 3 is 2.39 bits per heavy atom. The molecule has 1 N–H and O–H groups in total. The molecular formula is C16H23ClO. The van der Waals surface area contributed by atoms with E-state index in [9.17, 15) is 5.11 Å². The van der Waals surface area contributed by atoms with Crippen molar-refractivity contribution < 1.29 is 5.11 Å². The molecule has 100 valence electrons. The number of aliphatic hydroxyl groups is 1. The van der Waals surface area contributed by atoms with Gasteiger partial charge in [-0.15, -0.1) is 11.6 Å². The van der Waals surface area contributed by atoms with Crippen LogP contribution in [0.3, 0.4) is 0 Å². The Morgan fingerprint density at radius 2 is 1.78 bits per heavy atom. The molecule has 2 heteroatoms. The number of hydrogen-bond acceptors (Lipinski definition) is 1. The van der Waals surface area contributed by atoms with Crippen molar-refractivity contribution in [3.05, 3.63) is 35.4 Å². The van der Waals surface area contributed by atoms with Gasteiger partial charge in [0.15, 0.2) is 0 Å². The molecule has 0 radical (unpaired) electrons. The number of hydrogen-bond donors (Lipinski definition) is 1. The minimum Gasteiger partial charge on any atom is -0.388 e. The molecule has 1 unspecified atom stereocenters. The zero-order valence-electron chi connectivity index (χ0n) is 10.9. The summed E-state index contributed by atoms with van der Waals surface area (Å²) in [7, 11) is 0. The third kappa shape index (κ3) is 3.73. The zero-order valence-corrected chi connectivity index (χ0v) is 11.7. The first kappa shape index (κ1) is 13.9. The summed E-state index contributed by atoms with van der Waals surface area (Å²) in [4.78, 5) is 0. The fraction of sp³-hybridized carbons (Fsp3) is 0.625. The van der Waals surface area contributed by atoms with Crippen LogP contribution in [0.25, 0.3) is 0 Å². The van der Waals surface area contributed by atoms with Gasteiger partial charge in [-0.2, -0.15) is 0 Å². The van der Waals surface area contributed by atoms with Crippen LogP contribution < -0.4 is 0 Å². The van der Waals surface area contributed by atoms with Crippen molar-refractivity contribution in [1.82, 2.24) is 0 Å². The summed E-state index contributed by atoms with van der Waals surface area (Å²) in [6.07, 6.45) is 8.05. The van der Waals surface area contributed by atoms with E-state index in [2.05, 4.69) is 24.3 Å². The SMILES string of the molecule is OC(CCCCl)c1ccc(C2CCCCC2)cc1. The Bertz CT molecular complexity index is 341. The molecule has 1 aromatic carbocycles. The number of halogens is 1. The molecular weight excluding hydrogens is 244 g/mol. The Balaban J connectivity index is 1.95. The molecule has 18 heavy (non-hydrogen) atoms. The highest BCUT2D eigenvalue weighted by atomic mass is 35.5. The highest BCUT2D eigenvalue weighted by molar-refractivity contribution is 6.17. The van der Waals surface area contributed by atoms with Crippen LogP contribution in [0.5, 0.6) is 0 Å². The van der Waals surface area contributed by atoms with Gasteiger partial charge in [0.1, 0.15) is 0 Å². The molecule has 0 bridgehead atoms. The maximum Gasteiger partial charge on any atom is 0.0790 e. The van der Waals surface area contributed by atoms with Crippen LogP contribution in [0.4, 0.5) is 0 Å².